The van der Waals surface area contributed by atoms with Crippen molar-refractivity contribution in [1.29, 1.82) is 0 Å². The summed E-state index contributed by atoms with van der Waals surface area (Å²) in [5.41, 5.74) is 0.276. The van der Waals surface area contributed by atoms with E-state index in [1.807, 2.05) is 6.07 Å². The number of rotatable bonds is 4. The van der Waals surface area contributed by atoms with Gasteiger partial charge < -0.3 is 4.74 Å². The Labute approximate surface area is 137 Å². The Kier molecular flexibility index (Phi) is 5.00. The molecule has 0 unspecified atom stereocenters. The van der Waals surface area contributed by atoms with Crippen LogP contribution in [-0.2, 0) is 10.0 Å². The fourth-order valence-electron chi connectivity index (χ4n) is 1.67. The maximum absolute atomic E-state index is 12.0. The molecule has 0 aliphatic rings. The Morgan fingerprint density at radius 2 is 1.73 bits per heavy atom. The van der Waals surface area contributed by atoms with E-state index >= 15 is 0 Å². The highest BCUT2D eigenvalue weighted by Crippen LogP contribution is 2.20. The lowest BCUT2D eigenvalue weighted by molar-refractivity contribution is 0.0734. The van der Waals surface area contributed by atoms with Gasteiger partial charge in [-0.1, -0.05) is 22.0 Å². The highest BCUT2D eigenvalue weighted by atomic mass is 79.9. The van der Waals surface area contributed by atoms with Gasteiger partial charge in [-0.15, -0.1) is 0 Å². The van der Waals surface area contributed by atoms with Crippen LogP contribution in [0.25, 0.3) is 0 Å². The van der Waals surface area contributed by atoms with Gasteiger partial charge in [0.05, 0.1) is 10.5 Å². The SMILES string of the molecule is CN(C)S(=O)(=O)c1ccc(C(=O)Oc2cccc(Br)c2)cc1. The minimum Gasteiger partial charge on any atom is -0.423 e. The van der Waals surface area contributed by atoms with Crippen molar-refractivity contribution < 1.29 is 17.9 Å². The molecule has 0 spiro atoms. The lowest BCUT2D eigenvalue weighted by Crippen LogP contribution is -2.22. The van der Waals surface area contributed by atoms with Crippen LogP contribution in [0.5, 0.6) is 5.75 Å². The van der Waals surface area contributed by atoms with Crippen molar-refractivity contribution >= 4 is 31.9 Å². The first kappa shape index (κ1) is 16.7. The third-order valence-corrected chi connectivity index (χ3v) is 5.20. The van der Waals surface area contributed by atoms with Crippen LogP contribution in [0.2, 0.25) is 0 Å². The minimum absolute atomic E-state index is 0.122. The average Bonchev–Trinajstić information content (AvgIpc) is 2.47. The molecular formula is C15H14BrNO4S. The molecule has 0 aliphatic heterocycles. The summed E-state index contributed by atoms with van der Waals surface area (Å²) in [6, 6.07) is 12.5. The lowest BCUT2D eigenvalue weighted by Gasteiger charge is -2.11. The van der Waals surface area contributed by atoms with E-state index in [-0.39, 0.29) is 10.5 Å². The molecule has 0 radical (unpaired) electrons. The third-order valence-electron chi connectivity index (χ3n) is 2.88. The molecule has 0 aliphatic carbocycles. The highest BCUT2D eigenvalue weighted by Gasteiger charge is 2.18. The van der Waals surface area contributed by atoms with Crippen molar-refractivity contribution in [2.75, 3.05) is 14.1 Å². The largest absolute Gasteiger partial charge is 0.423 e. The zero-order valence-corrected chi connectivity index (χ0v) is 14.4. The smallest absolute Gasteiger partial charge is 0.343 e. The molecule has 2 aromatic carbocycles. The number of hydrogen-bond acceptors (Lipinski definition) is 4. The number of carbonyl (C=O) groups excluding carboxylic acids is 1. The van der Waals surface area contributed by atoms with E-state index in [1.54, 1.807) is 18.2 Å². The predicted octanol–water partition coefficient (Wildman–Crippen LogP) is 2.92. The summed E-state index contributed by atoms with van der Waals surface area (Å²) >= 11 is 3.29. The quantitative estimate of drug-likeness (QED) is 0.601. The van der Waals surface area contributed by atoms with E-state index < -0.39 is 16.0 Å². The molecule has 116 valence electrons. The number of nitrogens with zero attached hydrogens (tertiary/aromatic N) is 1. The summed E-state index contributed by atoms with van der Waals surface area (Å²) < 4.78 is 31.0. The molecule has 0 aromatic heterocycles. The summed E-state index contributed by atoms with van der Waals surface area (Å²) in [4.78, 5) is 12.1. The Hall–Kier alpha value is -1.70. The molecule has 0 amide bonds. The van der Waals surface area contributed by atoms with E-state index in [0.29, 0.717) is 5.75 Å². The first-order valence-corrected chi connectivity index (χ1v) is 8.54. The Morgan fingerprint density at radius 3 is 2.27 bits per heavy atom. The van der Waals surface area contributed by atoms with Gasteiger partial charge in [0.1, 0.15) is 5.75 Å². The fraction of sp³-hybridized carbons (Fsp3) is 0.133. The zero-order chi connectivity index (χ0) is 16.3. The van der Waals surface area contributed by atoms with Crippen molar-refractivity contribution in [2.45, 2.75) is 4.90 Å². The number of hydrogen-bond donors (Lipinski definition) is 0. The first-order valence-electron chi connectivity index (χ1n) is 6.31. The highest BCUT2D eigenvalue weighted by molar-refractivity contribution is 9.10. The summed E-state index contributed by atoms with van der Waals surface area (Å²) in [6.07, 6.45) is 0. The van der Waals surface area contributed by atoms with Gasteiger partial charge in [-0.05, 0) is 42.5 Å². The van der Waals surface area contributed by atoms with Gasteiger partial charge in [-0.2, -0.15) is 0 Å². The van der Waals surface area contributed by atoms with Crippen LogP contribution in [0.4, 0.5) is 0 Å². The molecule has 7 heteroatoms. The molecule has 5 nitrogen and oxygen atoms in total. The summed E-state index contributed by atoms with van der Waals surface area (Å²) in [5.74, 6) is -0.142. The predicted molar refractivity (Wildman–Crippen MR) is 86.4 cm³/mol. The topological polar surface area (TPSA) is 63.7 Å². The van der Waals surface area contributed by atoms with Crippen molar-refractivity contribution in [1.82, 2.24) is 4.31 Å². The van der Waals surface area contributed by atoms with Gasteiger partial charge in [0, 0.05) is 18.6 Å². The number of halogens is 1. The van der Waals surface area contributed by atoms with Gasteiger partial charge in [0.2, 0.25) is 10.0 Å². The fourth-order valence-corrected chi connectivity index (χ4v) is 2.95. The number of ether oxygens (including phenoxy) is 1. The van der Waals surface area contributed by atoms with Crippen LogP contribution >= 0.6 is 15.9 Å². The first-order chi connectivity index (χ1) is 10.3. The van der Waals surface area contributed by atoms with Gasteiger partial charge in [0.25, 0.3) is 0 Å². The van der Waals surface area contributed by atoms with Gasteiger partial charge in [-0.3, -0.25) is 0 Å². The van der Waals surface area contributed by atoms with Crippen LogP contribution in [0.1, 0.15) is 10.4 Å². The van der Waals surface area contributed by atoms with Crippen LogP contribution in [-0.4, -0.2) is 32.8 Å². The summed E-state index contributed by atoms with van der Waals surface area (Å²) in [5, 5.41) is 0. The average molecular weight is 384 g/mol. The van der Waals surface area contributed by atoms with Gasteiger partial charge >= 0.3 is 5.97 Å². The molecule has 0 N–H and O–H groups in total. The number of esters is 1. The van der Waals surface area contributed by atoms with E-state index in [4.69, 9.17) is 4.74 Å². The molecule has 0 atom stereocenters. The van der Waals surface area contributed by atoms with E-state index in [1.165, 1.54) is 38.4 Å². The standard InChI is InChI=1S/C15H14BrNO4S/c1-17(2)22(19,20)14-8-6-11(7-9-14)15(18)21-13-5-3-4-12(16)10-13/h3-10H,1-2H3. The van der Waals surface area contributed by atoms with Crippen molar-refractivity contribution in [3.05, 3.63) is 58.6 Å². The van der Waals surface area contributed by atoms with Crippen LogP contribution in [0.15, 0.2) is 57.9 Å². The van der Waals surface area contributed by atoms with Crippen LogP contribution in [0, 0.1) is 0 Å². The number of sulfonamides is 1. The van der Waals surface area contributed by atoms with Crippen molar-refractivity contribution in [3.63, 3.8) is 0 Å². The van der Waals surface area contributed by atoms with Crippen LogP contribution < -0.4 is 4.74 Å². The summed E-state index contributed by atoms with van der Waals surface area (Å²) in [7, 11) is -0.610. The Bertz CT molecular complexity index is 785. The second-order valence-corrected chi connectivity index (χ2v) is 7.73. The second-order valence-electron chi connectivity index (χ2n) is 4.66. The molecule has 0 heterocycles. The van der Waals surface area contributed by atoms with Crippen LogP contribution in [0.3, 0.4) is 0 Å². The normalized spacial score (nSPS) is 11.5. The number of carbonyl (C=O) groups is 1. The molecular weight excluding hydrogens is 370 g/mol. The molecule has 0 bridgehead atoms. The summed E-state index contributed by atoms with van der Waals surface area (Å²) in [6.45, 7) is 0. The monoisotopic (exact) mass is 383 g/mol. The maximum Gasteiger partial charge on any atom is 0.343 e. The van der Waals surface area contributed by atoms with Gasteiger partial charge in [0.15, 0.2) is 0 Å². The minimum atomic E-state index is -3.51. The Morgan fingerprint density at radius 1 is 1.09 bits per heavy atom. The molecule has 2 aromatic rings. The maximum atomic E-state index is 12.0. The lowest BCUT2D eigenvalue weighted by atomic mass is 10.2. The van der Waals surface area contributed by atoms with E-state index in [0.717, 1.165) is 8.78 Å². The molecule has 0 saturated heterocycles. The molecule has 2 rings (SSSR count). The van der Waals surface area contributed by atoms with E-state index in [9.17, 15) is 13.2 Å². The third kappa shape index (κ3) is 3.73. The van der Waals surface area contributed by atoms with E-state index in [2.05, 4.69) is 15.9 Å². The molecule has 0 fully saturated rings. The van der Waals surface area contributed by atoms with Crippen molar-refractivity contribution in [3.8, 4) is 5.75 Å². The van der Waals surface area contributed by atoms with Gasteiger partial charge in [-0.25, -0.2) is 17.5 Å². The Balaban J connectivity index is 2.19. The second kappa shape index (κ2) is 6.60. The number of benzene rings is 2. The van der Waals surface area contributed by atoms with Crippen molar-refractivity contribution in [2.24, 2.45) is 0 Å². The molecule has 22 heavy (non-hydrogen) atoms. The zero-order valence-electron chi connectivity index (χ0n) is 12.0. The molecule has 0 saturated carbocycles.